The van der Waals surface area contributed by atoms with Crippen LogP contribution in [0.4, 0.5) is 10.1 Å². The molecule has 2 aliphatic rings. The Morgan fingerprint density at radius 3 is 2.73 bits per heavy atom. The van der Waals surface area contributed by atoms with E-state index in [2.05, 4.69) is 53.3 Å². The zero-order valence-corrected chi connectivity index (χ0v) is 22.0. The largest absolute Gasteiger partial charge is 0.390 e. The van der Waals surface area contributed by atoms with Crippen LogP contribution in [0.25, 0.3) is 10.9 Å². The van der Waals surface area contributed by atoms with Crippen molar-refractivity contribution < 1.29 is 14.3 Å². The normalized spacial score (nSPS) is 22.3. The van der Waals surface area contributed by atoms with Gasteiger partial charge in [0.15, 0.2) is 0 Å². The first-order valence-electron chi connectivity index (χ1n) is 13.6. The van der Waals surface area contributed by atoms with Crippen molar-refractivity contribution in [2.45, 2.75) is 45.1 Å². The highest BCUT2D eigenvalue weighted by Crippen LogP contribution is 2.30. The quantitative estimate of drug-likeness (QED) is 0.420. The van der Waals surface area contributed by atoms with Crippen molar-refractivity contribution in [1.29, 1.82) is 0 Å². The van der Waals surface area contributed by atoms with E-state index >= 15 is 0 Å². The maximum absolute atomic E-state index is 13.5. The Morgan fingerprint density at radius 1 is 1.16 bits per heavy atom. The van der Waals surface area contributed by atoms with Crippen molar-refractivity contribution in [1.82, 2.24) is 14.8 Å². The molecule has 0 spiro atoms. The fraction of sp³-hybridized carbons (Fsp3) is 0.500. The molecule has 2 saturated heterocycles. The maximum Gasteiger partial charge on any atom is 0.270 e. The molecule has 2 fully saturated rings. The number of aryl methyl sites for hydroxylation is 1. The standard InChI is InChI=1S/C30H39FN4O2/c1-21-4-3-5-26(16-21)32-19-23-8-12-34(20-22(23)2)13-9-30(37)10-14-35(15-11-30)29(36)28-18-24-17-25(31)6-7-27(24)33-28/h3-7,16-18,22-23,32-33,37H,8-15,19-20H2,1-2H3. The van der Waals surface area contributed by atoms with Crippen LogP contribution >= 0.6 is 0 Å². The van der Waals surface area contributed by atoms with E-state index in [-0.39, 0.29) is 11.7 Å². The molecule has 5 rings (SSSR count). The Balaban J connectivity index is 1.06. The number of aromatic nitrogens is 1. The van der Waals surface area contributed by atoms with E-state index in [1.807, 2.05) is 0 Å². The van der Waals surface area contributed by atoms with Crippen LogP contribution < -0.4 is 5.32 Å². The molecule has 2 unspecified atom stereocenters. The molecule has 0 radical (unpaired) electrons. The molecule has 7 heteroatoms. The van der Waals surface area contributed by atoms with Crippen molar-refractivity contribution in [2.24, 2.45) is 11.8 Å². The number of nitrogens with one attached hydrogen (secondary N) is 2. The van der Waals surface area contributed by atoms with Crippen molar-refractivity contribution >= 4 is 22.5 Å². The minimum Gasteiger partial charge on any atom is -0.390 e. The number of rotatable bonds is 7. The molecule has 2 atom stereocenters. The molecule has 0 bridgehead atoms. The monoisotopic (exact) mass is 506 g/mol. The lowest BCUT2D eigenvalue weighted by Crippen LogP contribution is -2.49. The topological polar surface area (TPSA) is 71.6 Å². The average molecular weight is 507 g/mol. The average Bonchev–Trinajstić information content (AvgIpc) is 3.30. The summed E-state index contributed by atoms with van der Waals surface area (Å²) in [5.41, 5.74) is 2.96. The van der Waals surface area contributed by atoms with E-state index in [9.17, 15) is 14.3 Å². The van der Waals surface area contributed by atoms with Crippen LogP contribution in [-0.4, -0.2) is 70.7 Å². The van der Waals surface area contributed by atoms with Crippen LogP contribution in [0, 0.1) is 24.6 Å². The molecule has 1 aromatic heterocycles. The van der Waals surface area contributed by atoms with Gasteiger partial charge in [0, 0.05) is 49.3 Å². The number of H-pyrrole nitrogens is 1. The number of carbonyl (C=O) groups excluding carboxylic acids is 1. The number of aromatic amines is 1. The van der Waals surface area contributed by atoms with E-state index in [0.717, 1.165) is 44.5 Å². The van der Waals surface area contributed by atoms with E-state index in [1.165, 1.54) is 23.4 Å². The van der Waals surface area contributed by atoms with Crippen molar-refractivity contribution in [3.05, 3.63) is 65.6 Å². The highest BCUT2D eigenvalue weighted by molar-refractivity contribution is 5.98. The predicted molar refractivity (Wildman–Crippen MR) is 146 cm³/mol. The number of aliphatic hydroxyl groups is 1. The number of anilines is 1. The Kier molecular flexibility index (Phi) is 7.54. The van der Waals surface area contributed by atoms with Crippen molar-refractivity contribution in [3.8, 4) is 0 Å². The van der Waals surface area contributed by atoms with Crippen LogP contribution in [0.15, 0.2) is 48.5 Å². The van der Waals surface area contributed by atoms with E-state index in [0.29, 0.717) is 48.8 Å². The highest BCUT2D eigenvalue weighted by atomic mass is 19.1. The van der Waals surface area contributed by atoms with Gasteiger partial charge in [0.25, 0.3) is 5.91 Å². The van der Waals surface area contributed by atoms with Gasteiger partial charge in [-0.25, -0.2) is 4.39 Å². The summed E-state index contributed by atoms with van der Waals surface area (Å²) in [6.07, 6.45) is 3.06. The molecule has 1 amide bonds. The van der Waals surface area contributed by atoms with Gasteiger partial charge in [0.2, 0.25) is 0 Å². The summed E-state index contributed by atoms with van der Waals surface area (Å²) in [4.78, 5) is 20.4. The third-order valence-electron chi connectivity index (χ3n) is 8.44. The van der Waals surface area contributed by atoms with Crippen LogP contribution in [0.1, 0.15) is 48.7 Å². The number of nitrogens with zero attached hydrogens (tertiary/aromatic N) is 2. The first kappa shape index (κ1) is 25.7. The smallest absolute Gasteiger partial charge is 0.270 e. The third kappa shape index (κ3) is 6.16. The molecule has 3 heterocycles. The fourth-order valence-electron chi connectivity index (χ4n) is 5.92. The SMILES string of the molecule is Cc1cccc(NCC2CCN(CCC3(O)CCN(C(=O)c4cc5cc(F)ccc5[nH]4)CC3)CC2C)c1. The summed E-state index contributed by atoms with van der Waals surface area (Å²) in [7, 11) is 0. The summed E-state index contributed by atoms with van der Waals surface area (Å²) in [6.45, 7) is 9.52. The number of hydrogen-bond donors (Lipinski definition) is 3. The Hall–Kier alpha value is -2.90. The van der Waals surface area contributed by atoms with Gasteiger partial charge in [-0.15, -0.1) is 0 Å². The Labute approximate surface area is 218 Å². The number of fused-ring (bicyclic) bond motifs is 1. The highest BCUT2D eigenvalue weighted by Gasteiger charge is 2.35. The Morgan fingerprint density at radius 2 is 1.97 bits per heavy atom. The van der Waals surface area contributed by atoms with Gasteiger partial charge in [0.05, 0.1) is 5.60 Å². The molecule has 3 aromatic rings. The lowest BCUT2D eigenvalue weighted by molar-refractivity contribution is -0.0319. The minimum atomic E-state index is -0.729. The van der Waals surface area contributed by atoms with Crippen LogP contribution in [-0.2, 0) is 0 Å². The summed E-state index contributed by atoms with van der Waals surface area (Å²) in [5.74, 6) is 0.847. The first-order chi connectivity index (χ1) is 17.8. The lowest BCUT2D eigenvalue weighted by Gasteiger charge is -2.41. The second-order valence-corrected chi connectivity index (χ2v) is 11.3. The molecule has 6 nitrogen and oxygen atoms in total. The zero-order chi connectivity index (χ0) is 26.0. The number of amides is 1. The molecular weight excluding hydrogens is 467 g/mol. The number of benzene rings is 2. The van der Waals surface area contributed by atoms with E-state index < -0.39 is 5.60 Å². The van der Waals surface area contributed by atoms with Crippen molar-refractivity contribution in [3.63, 3.8) is 0 Å². The van der Waals surface area contributed by atoms with Crippen molar-refractivity contribution in [2.75, 3.05) is 44.6 Å². The first-order valence-corrected chi connectivity index (χ1v) is 13.6. The number of likely N-dealkylation sites (tertiary alicyclic amines) is 2. The lowest BCUT2D eigenvalue weighted by atomic mass is 9.85. The number of hydrogen-bond acceptors (Lipinski definition) is 4. The number of piperidine rings is 2. The second kappa shape index (κ2) is 10.8. The van der Waals surface area contributed by atoms with Crippen LogP contribution in [0.2, 0.25) is 0 Å². The summed E-state index contributed by atoms with van der Waals surface area (Å²) >= 11 is 0. The van der Waals surface area contributed by atoms with Gasteiger partial charge < -0.3 is 25.2 Å². The number of halogens is 1. The van der Waals surface area contributed by atoms with Gasteiger partial charge in [-0.05, 0) is 92.9 Å². The molecule has 198 valence electrons. The molecule has 0 aliphatic carbocycles. The van der Waals surface area contributed by atoms with Gasteiger partial charge in [-0.1, -0.05) is 19.1 Å². The summed E-state index contributed by atoms with van der Waals surface area (Å²) in [6, 6.07) is 14.7. The molecule has 0 saturated carbocycles. The third-order valence-corrected chi connectivity index (χ3v) is 8.44. The number of carbonyl (C=O) groups is 1. The minimum absolute atomic E-state index is 0.0890. The Bertz CT molecular complexity index is 1230. The molecule has 37 heavy (non-hydrogen) atoms. The zero-order valence-electron chi connectivity index (χ0n) is 22.0. The van der Waals surface area contributed by atoms with Crippen LogP contribution in [0.3, 0.4) is 0 Å². The molecule has 2 aliphatic heterocycles. The van der Waals surface area contributed by atoms with E-state index in [4.69, 9.17) is 0 Å². The summed E-state index contributed by atoms with van der Waals surface area (Å²) in [5, 5.41) is 15.6. The fourth-order valence-corrected chi connectivity index (χ4v) is 5.92. The molecular formula is C30H39FN4O2. The second-order valence-electron chi connectivity index (χ2n) is 11.3. The van der Waals surface area contributed by atoms with Gasteiger partial charge >= 0.3 is 0 Å². The van der Waals surface area contributed by atoms with E-state index in [1.54, 1.807) is 17.0 Å². The summed E-state index contributed by atoms with van der Waals surface area (Å²) < 4.78 is 13.5. The van der Waals surface area contributed by atoms with Crippen LogP contribution in [0.5, 0.6) is 0 Å². The van der Waals surface area contributed by atoms with Gasteiger partial charge in [0.1, 0.15) is 11.5 Å². The predicted octanol–water partition coefficient (Wildman–Crippen LogP) is 5.04. The van der Waals surface area contributed by atoms with Gasteiger partial charge in [-0.3, -0.25) is 4.79 Å². The maximum atomic E-state index is 13.5. The molecule has 3 N–H and O–H groups in total. The molecule has 2 aromatic carbocycles. The van der Waals surface area contributed by atoms with Gasteiger partial charge in [-0.2, -0.15) is 0 Å².